The predicted octanol–water partition coefficient (Wildman–Crippen LogP) is 2.10. The molecule has 0 aromatic rings. The lowest BCUT2D eigenvalue weighted by molar-refractivity contribution is -0.121. The summed E-state index contributed by atoms with van der Waals surface area (Å²) in [6.45, 7) is 9.98. The Hall–Kier alpha value is -0.280. The van der Waals surface area contributed by atoms with E-state index in [4.69, 9.17) is 0 Å². The molecule has 0 radical (unpaired) electrons. The highest BCUT2D eigenvalue weighted by atomic mass is 35.5. The minimum absolute atomic E-state index is 0. The molecule has 2 aliphatic rings. The van der Waals surface area contributed by atoms with Crippen LogP contribution >= 0.6 is 12.4 Å². The van der Waals surface area contributed by atoms with Crippen LogP contribution in [0.25, 0.3) is 0 Å². The van der Waals surface area contributed by atoms with E-state index in [-0.39, 0.29) is 29.1 Å². The van der Waals surface area contributed by atoms with Gasteiger partial charge in [-0.1, -0.05) is 27.7 Å². The Kier molecular flexibility index (Phi) is 4.15. The van der Waals surface area contributed by atoms with Gasteiger partial charge in [-0.3, -0.25) is 4.79 Å². The monoisotopic (exact) mass is 260 g/mol. The van der Waals surface area contributed by atoms with Crippen LogP contribution in [-0.4, -0.2) is 24.5 Å². The summed E-state index contributed by atoms with van der Waals surface area (Å²) < 4.78 is 0. The molecule has 17 heavy (non-hydrogen) atoms. The summed E-state index contributed by atoms with van der Waals surface area (Å²) in [7, 11) is 0. The molecule has 1 heterocycles. The summed E-state index contributed by atoms with van der Waals surface area (Å²) in [5.74, 6) is 0.211. The Bertz CT molecular complexity index is 282. The van der Waals surface area contributed by atoms with E-state index in [2.05, 4.69) is 38.3 Å². The normalized spacial score (nSPS) is 29.5. The highest BCUT2D eigenvalue weighted by molar-refractivity contribution is 5.85. The molecule has 1 amide bonds. The van der Waals surface area contributed by atoms with Crippen molar-refractivity contribution in [3.63, 3.8) is 0 Å². The van der Waals surface area contributed by atoms with E-state index >= 15 is 0 Å². The van der Waals surface area contributed by atoms with Crippen molar-refractivity contribution in [1.82, 2.24) is 10.6 Å². The molecule has 1 aliphatic heterocycles. The van der Waals surface area contributed by atoms with E-state index in [0.29, 0.717) is 18.5 Å². The van der Waals surface area contributed by atoms with Crippen LogP contribution < -0.4 is 10.6 Å². The second-order valence-electron chi connectivity index (χ2n) is 6.44. The van der Waals surface area contributed by atoms with Crippen LogP contribution in [0.3, 0.4) is 0 Å². The molecule has 0 aromatic carbocycles. The molecule has 2 N–H and O–H groups in total. The van der Waals surface area contributed by atoms with Gasteiger partial charge in [0.1, 0.15) is 0 Å². The fourth-order valence-corrected chi connectivity index (χ4v) is 2.93. The largest absolute Gasteiger partial charge is 0.352 e. The molecule has 0 aromatic heterocycles. The van der Waals surface area contributed by atoms with Gasteiger partial charge in [0.15, 0.2) is 0 Å². The quantitative estimate of drug-likeness (QED) is 0.816. The van der Waals surface area contributed by atoms with E-state index in [1.165, 1.54) is 6.42 Å². The summed E-state index contributed by atoms with van der Waals surface area (Å²) in [5.41, 5.74) is 0.484. The first-order chi connectivity index (χ1) is 7.35. The summed E-state index contributed by atoms with van der Waals surface area (Å²) in [5, 5.41) is 6.54. The molecule has 3 nitrogen and oxygen atoms in total. The SMILES string of the molecule is CC1(C)C(NC(=O)CC2CCCN2)C1(C)C.Cl. The van der Waals surface area contributed by atoms with Gasteiger partial charge in [0.25, 0.3) is 0 Å². The van der Waals surface area contributed by atoms with Crippen molar-refractivity contribution in [2.75, 3.05) is 6.54 Å². The molecule has 1 atom stereocenters. The number of amides is 1. The first-order valence-electron chi connectivity index (χ1n) is 6.38. The molecule has 100 valence electrons. The topological polar surface area (TPSA) is 41.1 Å². The molecule has 0 spiro atoms. The molecule has 2 rings (SSSR count). The van der Waals surface area contributed by atoms with Gasteiger partial charge in [-0.25, -0.2) is 0 Å². The summed E-state index contributed by atoms with van der Waals surface area (Å²) in [6.07, 6.45) is 2.99. The van der Waals surface area contributed by atoms with Crippen LogP contribution in [0.15, 0.2) is 0 Å². The van der Waals surface area contributed by atoms with Gasteiger partial charge in [0, 0.05) is 18.5 Å². The molecular formula is C13H25ClN2O. The van der Waals surface area contributed by atoms with Crippen molar-refractivity contribution in [1.29, 1.82) is 0 Å². The van der Waals surface area contributed by atoms with Crippen molar-refractivity contribution in [3.05, 3.63) is 0 Å². The Morgan fingerprint density at radius 3 is 2.29 bits per heavy atom. The van der Waals surface area contributed by atoms with Crippen molar-refractivity contribution >= 4 is 18.3 Å². The lowest BCUT2D eigenvalue weighted by Gasteiger charge is -2.11. The van der Waals surface area contributed by atoms with E-state index in [9.17, 15) is 4.79 Å². The van der Waals surface area contributed by atoms with Gasteiger partial charge in [-0.2, -0.15) is 0 Å². The summed E-state index contributed by atoms with van der Waals surface area (Å²) in [4.78, 5) is 11.9. The molecule has 4 heteroatoms. The van der Waals surface area contributed by atoms with Crippen LogP contribution in [0.4, 0.5) is 0 Å². The molecule has 1 saturated heterocycles. The van der Waals surface area contributed by atoms with Crippen molar-refractivity contribution < 1.29 is 4.79 Å². The third-order valence-electron chi connectivity index (χ3n) is 4.92. The van der Waals surface area contributed by atoms with Gasteiger partial charge in [0.2, 0.25) is 5.91 Å². The summed E-state index contributed by atoms with van der Waals surface area (Å²) >= 11 is 0. The fourth-order valence-electron chi connectivity index (χ4n) is 2.93. The zero-order valence-electron chi connectivity index (χ0n) is 11.3. The Labute approximate surface area is 111 Å². The van der Waals surface area contributed by atoms with Crippen LogP contribution in [-0.2, 0) is 4.79 Å². The fraction of sp³-hybridized carbons (Fsp3) is 0.923. The Morgan fingerprint density at radius 2 is 1.88 bits per heavy atom. The standard InChI is InChI=1S/C13H24N2O.ClH/c1-12(2)11(13(12,3)4)15-10(16)8-9-6-5-7-14-9;/h9,11,14H,5-8H2,1-4H3,(H,15,16);1H. The van der Waals surface area contributed by atoms with Crippen LogP contribution in [0.2, 0.25) is 0 Å². The Morgan fingerprint density at radius 1 is 1.29 bits per heavy atom. The van der Waals surface area contributed by atoms with Crippen molar-refractivity contribution in [2.24, 2.45) is 10.8 Å². The second-order valence-corrected chi connectivity index (χ2v) is 6.44. The first-order valence-corrected chi connectivity index (χ1v) is 6.38. The predicted molar refractivity (Wildman–Crippen MR) is 72.4 cm³/mol. The third-order valence-corrected chi connectivity index (χ3v) is 4.92. The van der Waals surface area contributed by atoms with Gasteiger partial charge < -0.3 is 10.6 Å². The molecule has 1 unspecified atom stereocenters. The molecule has 0 bridgehead atoms. The number of hydrogen-bond acceptors (Lipinski definition) is 2. The second kappa shape index (κ2) is 4.77. The number of carbonyl (C=O) groups excluding carboxylic acids is 1. The Balaban J connectivity index is 0.00000144. The number of carbonyl (C=O) groups is 1. The van der Waals surface area contributed by atoms with E-state index in [0.717, 1.165) is 13.0 Å². The average molecular weight is 261 g/mol. The lowest BCUT2D eigenvalue weighted by atomic mass is 10.0. The van der Waals surface area contributed by atoms with Gasteiger partial charge in [-0.15, -0.1) is 12.4 Å². The smallest absolute Gasteiger partial charge is 0.221 e. The van der Waals surface area contributed by atoms with Gasteiger partial charge in [-0.05, 0) is 30.2 Å². The van der Waals surface area contributed by atoms with Gasteiger partial charge in [0.05, 0.1) is 0 Å². The zero-order valence-corrected chi connectivity index (χ0v) is 12.1. The molecule has 1 saturated carbocycles. The maximum atomic E-state index is 11.9. The van der Waals surface area contributed by atoms with Gasteiger partial charge >= 0.3 is 0 Å². The number of hydrogen-bond donors (Lipinski definition) is 2. The van der Waals surface area contributed by atoms with E-state index in [1.807, 2.05) is 0 Å². The van der Waals surface area contributed by atoms with Crippen LogP contribution in [0.5, 0.6) is 0 Å². The van der Waals surface area contributed by atoms with E-state index < -0.39 is 0 Å². The minimum atomic E-state index is 0. The lowest BCUT2D eigenvalue weighted by Crippen LogP contribution is -2.35. The average Bonchev–Trinajstić information content (AvgIpc) is 2.63. The third kappa shape index (κ3) is 2.60. The van der Waals surface area contributed by atoms with Crippen molar-refractivity contribution in [2.45, 2.75) is 59.0 Å². The maximum absolute atomic E-state index is 11.9. The summed E-state index contributed by atoms with van der Waals surface area (Å²) in [6, 6.07) is 0.749. The minimum Gasteiger partial charge on any atom is -0.352 e. The molecular weight excluding hydrogens is 236 g/mol. The highest BCUT2D eigenvalue weighted by Crippen LogP contribution is 2.62. The highest BCUT2D eigenvalue weighted by Gasteiger charge is 2.65. The molecule has 2 fully saturated rings. The maximum Gasteiger partial charge on any atom is 0.221 e. The number of nitrogens with one attached hydrogen (secondary N) is 2. The van der Waals surface area contributed by atoms with E-state index in [1.54, 1.807) is 0 Å². The first kappa shape index (κ1) is 14.8. The van der Waals surface area contributed by atoms with Crippen LogP contribution in [0.1, 0.15) is 47.0 Å². The van der Waals surface area contributed by atoms with Crippen LogP contribution in [0, 0.1) is 10.8 Å². The zero-order chi connectivity index (χ0) is 12.0. The number of rotatable bonds is 3. The molecule has 1 aliphatic carbocycles. The number of halogens is 1. The van der Waals surface area contributed by atoms with Crippen molar-refractivity contribution in [3.8, 4) is 0 Å².